The topological polar surface area (TPSA) is 52.6 Å². The van der Waals surface area contributed by atoms with E-state index < -0.39 is 11.5 Å². The van der Waals surface area contributed by atoms with Crippen LogP contribution in [0.3, 0.4) is 0 Å². The van der Waals surface area contributed by atoms with Crippen LogP contribution in [0.1, 0.15) is 58.8 Å². The Labute approximate surface area is 122 Å². The van der Waals surface area contributed by atoms with Gasteiger partial charge in [-0.25, -0.2) is 0 Å². The highest BCUT2D eigenvalue weighted by Crippen LogP contribution is 2.38. The van der Waals surface area contributed by atoms with Crippen molar-refractivity contribution in [2.75, 3.05) is 20.1 Å². The van der Waals surface area contributed by atoms with Crippen LogP contribution in [0.25, 0.3) is 0 Å². The van der Waals surface area contributed by atoms with Crippen LogP contribution in [0, 0.1) is 5.41 Å². The van der Waals surface area contributed by atoms with E-state index in [1.54, 1.807) is 7.05 Å². The molecule has 1 saturated carbocycles. The van der Waals surface area contributed by atoms with Crippen molar-refractivity contribution in [1.82, 2.24) is 10.2 Å². The molecule has 20 heavy (non-hydrogen) atoms. The number of piperidine rings is 1. The number of carboxylic acid groups (broad SMARTS) is 1. The number of carboxylic acids is 1. The fraction of sp³-hybridized carbons (Fsp3) is 0.938. The summed E-state index contributed by atoms with van der Waals surface area (Å²) in [5.41, 5.74) is -0.202. The second-order valence-electron chi connectivity index (χ2n) is 7.09. The average Bonchev–Trinajstić information content (AvgIpc) is 2.48. The molecule has 2 unspecified atom stereocenters. The zero-order valence-corrected chi connectivity index (χ0v) is 13.2. The molecule has 2 N–H and O–H groups in total. The lowest BCUT2D eigenvalue weighted by Gasteiger charge is -2.46. The van der Waals surface area contributed by atoms with Crippen LogP contribution in [0.4, 0.5) is 0 Å². The Morgan fingerprint density at radius 3 is 2.50 bits per heavy atom. The lowest BCUT2D eigenvalue weighted by molar-refractivity contribution is -0.147. The van der Waals surface area contributed by atoms with E-state index in [1.807, 2.05) is 0 Å². The number of hydrogen-bond acceptors (Lipinski definition) is 3. The Hall–Kier alpha value is -0.610. The monoisotopic (exact) mass is 282 g/mol. The molecule has 2 atom stereocenters. The Morgan fingerprint density at radius 2 is 2.00 bits per heavy atom. The molecular weight excluding hydrogens is 252 g/mol. The molecule has 0 aromatic rings. The number of likely N-dealkylation sites (N-methyl/N-ethyl adjacent to an activating group) is 1. The number of rotatable bonds is 4. The standard InChI is InChI=1S/C16H30N2O2/c1-4-15(2)8-10-18(11-9-15)13-6-5-7-16(12-13,17-3)14(19)20/h13,17H,4-12H2,1-3H3,(H,19,20). The quantitative estimate of drug-likeness (QED) is 0.832. The van der Waals surface area contributed by atoms with Crippen LogP contribution >= 0.6 is 0 Å². The number of aliphatic carboxylic acids is 1. The van der Waals surface area contributed by atoms with Gasteiger partial charge in [0, 0.05) is 6.04 Å². The molecular formula is C16H30N2O2. The van der Waals surface area contributed by atoms with E-state index in [-0.39, 0.29) is 0 Å². The van der Waals surface area contributed by atoms with Crippen molar-refractivity contribution in [3.8, 4) is 0 Å². The summed E-state index contributed by atoms with van der Waals surface area (Å²) in [5.74, 6) is -0.680. The first-order valence-corrected chi connectivity index (χ1v) is 8.11. The van der Waals surface area contributed by atoms with E-state index in [0.717, 1.165) is 38.8 Å². The van der Waals surface area contributed by atoms with E-state index >= 15 is 0 Å². The zero-order chi connectivity index (χ0) is 14.8. The zero-order valence-electron chi connectivity index (χ0n) is 13.2. The molecule has 0 bridgehead atoms. The number of likely N-dealkylation sites (tertiary alicyclic amines) is 1. The second-order valence-corrected chi connectivity index (χ2v) is 7.09. The van der Waals surface area contributed by atoms with Gasteiger partial charge in [0.05, 0.1) is 0 Å². The minimum absolute atomic E-state index is 0.439. The van der Waals surface area contributed by atoms with Crippen LogP contribution in [0.5, 0.6) is 0 Å². The SMILES string of the molecule is CCC1(C)CCN(C2CCCC(NC)(C(=O)O)C2)CC1. The highest BCUT2D eigenvalue weighted by atomic mass is 16.4. The number of carbonyl (C=O) groups is 1. The molecule has 1 heterocycles. The molecule has 1 aliphatic heterocycles. The lowest BCUT2D eigenvalue weighted by Crippen LogP contribution is -2.58. The Bertz CT molecular complexity index is 350. The first-order chi connectivity index (χ1) is 9.45. The normalized spacial score (nSPS) is 34.9. The minimum atomic E-state index is -0.700. The van der Waals surface area contributed by atoms with Gasteiger partial charge in [0.25, 0.3) is 0 Å². The summed E-state index contributed by atoms with van der Waals surface area (Å²) in [6, 6.07) is 0.439. The predicted molar refractivity (Wildman–Crippen MR) is 80.9 cm³/mol. The maximum absolute atomic E-state index is 11.6. The smallest absolute Gasteiger partial charge is 0.323 e. The molecule has 0 aromatic carbocycles. The third kappa shape index (κ3) is 3.01. The number of nitrogens with zero attached hydrogens (tertiary/aromatic N) is 1. The van der Waals surface area contributed by atoms with Crippen molar-refractivity contribution in [3.63, 3.8) is 0 Å². The average molecular weight is 282 g/mol. The van der Waals surface area contributed by atoms with E-state index in [2.05, 4.69) is 24.1 Å². The summed E-state index contributed by atoms with van der Waals surface area (Å²) in [6.07, 6.45) is 7.43. The molecule has 0 radical (unpaired) electrons. The molecule has 1 saturated heterocycles. The van der Waals surface area contributed by atoms with Gasteiger partial charge in [-0.3, -0.25) is 4.79 Å². The fourth-order valence-corrected chi connectivity index (χ4v) is 3.87. The number of nitrogens with one attached hydrogen (secondary N) is 1. The van der Waals surface area contributed by atoms with Gasteiger partial charge in [-0.1, -0.05) is 20.3 Å². The maximum Gasteiger partial charge on any atom is 0.323 e. The van der Waals surface area contributed by atoms with Gasteiger partial charge >= 0.3 is 5.97 Å². The van der Waals surface area contributed by atoms with Gasteiger partial charge in [0.15, 0.2) is 0 Å². The second kappa shape index (κ2) is 6.02. The van der Waals surface area contributed by atoms with Crippen LogP contribution in [0.15, 0.2) is 0 Å². The van der Waals surface area contributed by atoms with Gasteiger partial charge in [-0.05, 0) is 64.1 Å². The molecule has 116 valence electrons. The molecule has 1 aliphatic carbocycles. The van der Waals surface area contributed by atoms with Gasteiger partial charge in [-0.15, -0.1) is 0 Å². The highest BCUT2D eigenvalue weighted by molar-refractivity contribution is 5.79. The third-order valence-corrected chi connectivity index (χ3v) is 5.99. The lowest BCUT2D eigenvalue weighted by atomic mass is 9.75. The molecule has 0 aromatic heterocycles. The predicted octanol–water partition coefficient (Wildman–Crippen LogP) is 2.48. The third-order valence-electron chi connectivity index (χ3n) is 5.99. The summed E-state index contributed by atoms with van der Waals surface area (Å²) in [7, 11) is 1.79. The summed E-state index contributed by atoms with van der Waals surface area (Å²) in [4.78, 5) is 14.2. The van der Waals surface area contributed by atoms with Crippen molar-refractivity contribution in [2.45, 2.75) is 70.4 Å². The van der Waals surface area contributed by atoms with Crippen molar-refractivity contribution < 1.29 is 9.90 Å². The molecule has 2 aliphatic rings. The molecule has 0 spiro atoms. The van der Waals surface area contributed by atoms with E-state index in [4.69, 9.17) is 0 Å². The van der Waals surface area contributed by atoms with Crippen LogP contribution < -0.4 is 5.32 Å². The molecule has 2 fully saturated rings. The summed E-state index contributed by atoms with van der Waals surface area (Å²) in [5, 5.41) is 12.6. The van der Waals surface area contributed by atoms with Crippen LogP contribution in [-0.4, -0.2) is 47.7 Å². The van der Waals surface area contributed by atoms with Gasteiger partial charge in [0.2, 0.25) is 0 Å². The summed E-state index contributed by atoms with van der Waals surface area (Å²) < 4.78 is 0. The minimum Gasteiger partial charge on any atom is -0.480 e. The van der Waals surface area contributed by atoms with E-state index in [1.165, 1.54) is 19.3 Å². The fourth-order valence-electron chi connectivity index (χ4n) is 3.87. The Balaban J connectivity index is 1.98. The van der Waals surface area contributed by atoms with Gasteiger partial charge in [-0.2, -0.15) is 0 Å². The largest absolute Gasteiger partial charge is 0.480 e. The highest BCUT2D eigenvalue weighted by Gasteiger charge is 2.44. The first-order valence-electron chi connectivity index (χ1n) is 8.11. The molecule has 4 heteroatoms. The Kier molecular flexibility index (Phi) is 4.75. The maximum atomic E-state index is 11.6. The molecule has 0 amide bonds. The van der Waals surface area contributed by atoms with Crippen LogP contribution in [0.2, 0.25) is 0 Å². The summed E-state index contributed by atoms with van der Waals surface area (Å²) >= 11 is 0. The van der Waals surface area contributed by atoms with Crippen molar-refractivity contribution in [2.24, 2.45) is 5.41 Å². The van der Waals surface area contributed by atoms with E-state index in [0.29, 0.717) is 11.5 Å². The van der Waals surface area contributed by atoms with Gasteiger partial charge < -0.3 is 15.3 Å². The van der Waals surface area contributed by atoms with Crippen LogP contribution in [-0.2, 0) is 4.79 Å². The van der Waals surface area contributed by atoms with Crippen molar-refractivity contribution in [3.05, 3.63) is 0 Å². The van der Waals surface area contributed by atoms with Gasteiger partial charge in [0.1, 0.15) is 5.54 Å². The summed E-state index contributed by atoms with van der Waals surface area (Å²) in [6.45, 7) is 6.94. The Morgan fingerprint density at radius 1 is 1.35 bits per heavy atom. The van der Waals surface area contributed by atoms with E-state index in [9.17, 15) is 9.90 Å². The molecule has 2 rings (SSSR count). The number of hydrogen-bond donors (Lipinski definition) is 2. The first kappa shape index (κ1) is 15.8. The van der Waals surface area contributed by atoms with Crippen molar-refractivity contribution in [1.29, 1.82) is 0 Å². The molecule has 4 nitrogen and oxygen atoms in total. The van der Waals surface area contributed by atoms with Crippen molar-refractivity contribution >= 4 is 5.97 Å².